The van der Waals surface area contributed by atoms with Crippen molar-refractivity contribution in [1.82, 2.24) is 0 Å². The molecule has 0 spiro atoms. The van der Waals surface area contributed by atoms with Gasteiger partial charge in [-0.3, -0.25) is 0 Å². The Morgan fingerprint density at radius 1 is 1.17 bits per heavy atom. The van der Waals surface area contributed by atoms with Gasteiger partial charge in [-0.05, 0) is 37.0 Å². The van der Waals surface area contributed by atoms with Crippen LogP contribution in [0.3, 0.4) is 0 Å². The van der Waals surface area contributed by atoms with E-state index in [1.807, 2.05) is 0 Å². The van der Waals surface area contributed by atoms with Crippen LogP contribution in [0.5, 0.6) is 0 Å². The van der Waals surface area contributed by atoms with Crippen LogP contribution in [0.2, 0.25) is 0 Å². The lowest BCUT2D eigenvalue weighted by Gasteiger charge is -2.30. The first kappa shape index (κ1) is 6.71. The molecule has 0 heterocycles. The van der Waals surface area contributed by atoms with Gasteiger partial charge in [-0.15, -0.1) is 0 Å². The summed E-state index contributed by atoms with van der Waals surface area (Å²) in [5.74, 6) is 2.60. The summed E-state index contributed by atoms with van der Waals surface area (Å²) in [5.41, 5.74) is 1.72. The summed E-state index contributed by atoms with van der Waals surface area (Å²) < 4.78 is 0. The maximum absolute atomic E-state index is 2.45. The minimum Gasteiger partial charge on any atom is -0.0876 e. The fraction of sp³-hybridized carbons (Fsp3) is 0.500. The lowest BCUT2D eigenvalue weighted by molar-refractivity contribution is 0.372. The maximum atomic E-state index is 2.45. The molecule has 3 atom stereocenters. The van der Waals surface area contributed by atoms with E-state index in [4.69, 9.17) is 0 Å². The summed E-state index contributed by atoms with van der Waals surface area (Å²) in [6.45, 7) is 0. The molecule has 3 unspecified atom stereocenters. The first-order valence-corrected chi connectivity index (χ1v) is 4.99. The molecule has 0 heteroatoms. The molecule has 0 aromatic heterocycles. The summed E-state index contributed by atoms with van der Waals surface area (Å²) in [6.07, 6.45) is 15.8. The average Bonchev–Trinajstić information content (AvgIpc) is 2.52. The first-order chi connectivity index (χ1) is 5.95. The molecule has 0 radical (unpaired) electrons. The van der Waals surface area contributed by atoms with Crippen LogP contribution < -0.4 is 0 Å². The zero-order valence-electron chi connectivity index (χ0n) is 7.24. The summed E-state index contributed by atoms with van der Waals surface area (Å²) in [4.78, 5) is 0. The quantitative estimate of drug-likeness (QED) is 0.475. The largest absolute Gasteiger partial charge is 0.0876 e. The summed E-state index contributed by atoms with van der Waals surface area (Å²) in [7, 11) is 0. The third kappa shape index (κ3) is 0.782. The third-order valence-corrected chi connectivity index (χ3v) is 3.58. The topological polar surface area (TPSA) is 0 Å². The van der Waals surface area contributed by atoms with E-state index in [1.54, 1.807) is 5.57 Å². The van der Waals surface area contributed by atoms with Gasteiger partial charge in [-0.2, -0.15) is 0 Å². The van der Waals surface area contributed by atoms with E-state index in [9.17, 15) is 0 Å². The molecule has 12 heavy (non-hydrogen) atoms. The SMILES string of the molecule is C1=CC2CC=CC3CCC(=C1)C23. The second-order valence-electron chi connectivity index (χ2n) is 4.18. The molecule has 0 aliphatic heterocycles. The molecule has 3 aliphatic rings. The Morgan fingerprint density at radius 3 is 3.17 bits per heavy atom. The second-order valence-corrected chi connectivity index (χ2v) is 4.18. The molecular formula is C12H14. The summed E-state index contributed by atoms with van der Waals surface area (Å²) >= 11 is 0. The van der Waals surface area contributed by atoms with Gasteiger partial charge in [0.05, 0.1) is 0 Å². The van der Waals surface area contributed by atoms with E-state index in [2.05, 4.69) is 30.4 Å². The highest BCUT2D eigenvalue weighted by Gasteiger charge is 2.36. The van der Waals surface area contributed by atoms with Crippen molar-refractivity contribution in [3.63, 3.8) is 0 Å². The lowest BCUT2D eigenvalue weighted by Crippen LogP contribution is -2.21. The maximum Gasteiger partial charge on any atom is -0.00710 e. The van der Waals surface area contributed by atoms with Crippen molar-refractivity contribution in [2.45, 2.75) is 19.3 Å². The third-order valence-electron chi connectivity index (χ3n) is 3.58. The molecule has 0 aromatic rings. The van der Waals surface area contributed by atoms with Gasteiger partial charge in [-0.1, -0.05) is 36.0 Å². The van der Waals surface area contributed by atoms with Crippen molar-refractivity contribution in [3.8, 4) is 0 Å². The predicted molar refractivity (Wildman–Crippen MR) is 50.7 cm³/mol. The Morgan fingerprint density at radius 2 is 2.17 bits per heavy atom. The smallest absolute Gasteiger partial charge is 0.00710 e. The van der Waals surface area contributed by atoms with E-state index < -0.39 is 0 Å². The fourth-order valence-electron chi connectivity index (χ4n) is 3.03. The van der Waals surface area contributed by atoms with Gasteiger partial charge >= 0.3 is 0 Å². The second kappa shape index (κ2) is 2.35. The van der Waals surface area contributed by atoms with Gasteiger partial charge < -0.3 is 0 Å². The predicted octanol–water partition coefficient (Wildman–Crippen LogP) is 3.08. The highest BCUT2D eigenvalue weighted by Crippen LogP contribution is 2.47. The van der Waals surface area contributed by atoms with Crippen molar-refractivity contribution >= 4 is 0 Å². The molecule has 3 rings (SSSR count). The van der Waals surface area contributed by atoms with Crippen LogP contribution >= 0.6 is 0 Å². The highest BCUT2D eigenvalue weighted by atomic mass is 14.4. The van der Waals surface area contributed by atoms with Gasteiger partial charge in [0, 0.05) is 0 Å². The molecular weight excluding hydrogens is 144 g/mol. The van der Waals surface area contributed by atoms with Gasteiger partial charge in [-0.25, -0.2) is 0 Å². The van der Waals surface area contributed by atoms with Gasteiger partial charge in [0.25, 0.3) is 0 Å². The van der Waals surface area contributed by atoms with E-state index in [-0.39, 0.29) is 0 Å². The van der Waals surface area contributed by atoms with Crippen molar-refractivity contribution in [2.24, 2.45) is 17.8 Å². The fourth-order valence-corrected chi connectivity index (χ4v) is 3.03. The van der Waals surface area contributed by atoms with E-state index in [0.29, 0.717) is 0 Å². The summed E-state index contributed by atoms with van der Waals surface area (Å²) in [5, 5.41) is 0. The molecule has 0 aromatic carbocycles. The van der Waals surface area contributed by atoms with E-state index in [1.165, 1.54) is 19.3 Å². The number of hydrogen-bond acceptors (Lipinski definition) is 0. The molecule has 62 valence electrons. The van der Waals surface area contributed by atoms with E-state index >= 15 is 0 Å². The monoisotopic (exact) mass is 158 g/mol. The molecule has 3 aliphatic carbocycles. The Labute approximate surface area is 73.7 Å². The number of rotatable bonds is 0. The van der Waals surface area contributed by atoms with Gasteiger partial charge in [0.1, 0.15) is 0 Å². The molecule has 0 bridgehead atoms. The highest BCUT2D eigenvalue weighted by molar-refractivity contribution is 5.30. The minimum atomic E-state index is 0.836. The van der Waals surface area contributed by atoms with Crippen LogP contribution in [0, 0.1) is 17.8 Å². The van der Waals surface area contributed by atoms with Crippen LogP contribution in [0.25, 0.3) is 0 Å². The van der Waals surface area contributed by atoms with Crippen LogP contribution in [-0.4, -0.2) is 0 Å². The van der Waals surface area contributed by atoms with Crippen LogP contribution in [0.4, 0.5) is 0 Å². The van der Waals surface area contributed by atoms with Crippen molar-refractivity contribution in [1.29, 1.82) is 0 Å². The molecule has 0 N–H and O–H groups in total. The summed E-state index contributed by atoms with van der Waals surface area (Å²) in [6, 6.07) is 0. The Balaban J connectivity index is 2.06. The molecule has 0 amide bonds. The van der Waals surface area contributed by atoms with Crippen molar-refractivity contribution in [3.05, 3.63) is 36.0 Å². The van der Waals surface area contributed by atoms with Crippen LogP contribution in [0.1, 0.15) is 19.3 Å². The standard InChI is InChI=1S/C12H14/c1-3-9-4-2-6-11-8-7-10(5-1)12(9)11/h1-3,5-6,9,11-12H,4,7-8H2. The van der Waals surface area contributed by atoms with Crippen molar-refractivity contribution in [2.75, 3.05) is 0 Å². The van der Waals surface area contributed by atoms with Crippen LogP contribution in [0.15, 0.2) is 36.0 Å². The average molecular weight is 158 g/mol. The van der Waals surface area contributed by atoms with Crippen molar-refractivity contribution < 1.29 is 0 Å². The first-order valence-electron chi connectivity index (χ1n) is 4.99. The Bertz CT molecular complexity index is 280. The molecule has 1 saturated carbocycles. The lowest BCUT2D eigenvalue weighted by atomic mass is 9.74. The zero-order valence-corrected chi connectivity index (χ0v) is 7.24. The minimum absolute atomic E-state index is 0.836. The normalized spacial score (nSPS) is 42.7. The number of allylic oxidation sites excluding steroid dienone is 6. The Kier molecular flexibility index (Phi) is 1.31. The molecule has 0 saturated heterocycles. The molecule has 1 fully saturated rings. The molecule has 0 nitrogen and oxygen atoms in total. The number of hydrogen-bond donors (Lipinski definition) is 0. The Hall–Kier alpha value is -0.780. The zero-order chi connectivity index (χ0) is 7.97. The van der Waals surface area contributed by atoms with E-state index in [0.717, 1.165) is 17.8 Å². The van der Waals surface area contributed by atoms with Crippen LogP contribution in [-0.2, 0) is 0 Å². The van der Waals surface area contributed by atoms with Gasteiger partial charge in [0.15, 0.2) is 0 Å². The van der Waals surface area contributed by atoms with Gasteiger partial charge in [0.2, 0.25) is 0 Å².